The summed E-state index contributed by atoms with van der Waals surface area (Å²) in [6.07, 6.45) is 5.65. The van der Waals surface area contributed by atoms with E-state index in [1.807, 2.05) is 24.1 Å². The van der Waals surface area contributed by atoms with Gasteiger partial charge in [0, 0.05) is 23.5 Å². The van der Waals surface area contributed by atoms with Crippen LogP contribution >= 0.6 is 11.8 Å². The Morgan fingerprint density at radius 3 is 2.74 bits per heavy atom. The third-order valence-corrected chi connectivity index (χ3v) is 4.36. The quantitative estimate of drug-likeness (QED) is 0.733. The number of thioether (sulfide) groups is 1. The predicted octanol–water partition coefficient (Wildman–Crippen LogP) is 3.98. The van der Waals surface area contributed by atoms with Gasteiger partial charge in [0.1, 0.15) is 0 Å². The lowest BCUT2D eigenvalue weighted by molar-refractivity contribution is 0.0746. The highest BCUT2D eigenvalue weighted by atomic mass is 32.2. The molecule has 1 saturated carbocycles. The van der Waals surface area contributed by atoms with Crippen LogP contribution in [0.2, 0.25) is 0 Å². The van der Waals surface area contributed by atoms with E-state index in [0.717, 1.165) is 41.5 Å². The molecule has 104 valence electrons. The second-order valence-corrected chi connectivity index (χ2v) is 6.26. The number of rotatable bonds is 6. The average Bonchev–Trinajstić information content (AvgIpc) is 3.22. The fourth-order valence-corrected chi connectivity index (χ4v) is 2.73. The van der Waals surface area contributed by atoms with Crippen LogP contribution in [0.3, 0.4) is 0 Å². The number of hydrogen-bond acceptors (Lipinski definition) is 2. The summed E-state index contributed by atoms with van der Waals surface area (Å²) in [6, 6.07) is 6.18. The van der Waals surface area contributed by atoms with Crippen molar-refractivity contribution in [1.82, 2.24) is 4.90 Å². The van der Waals surface area contributed by atoms with Crippen molar-refractivity contribution in [2.24, 2.45) is 5.92 Å². The van der Waals surface area contributed by atoms with Gasteiger partial charge in [-0.25, -0.2) is 0 Å². The molecule has 1 aliphatic carbocycles. The lowest BCUT2D eigenvalue weighted by Crippen LogP contribution is -2.34. The molecule has 3 heteroatoms. The number of benzene rings is 1. The molecule has 0 unspecified atom stereocenters. The first-order chi connectivity index (χ1) is 9.15. The van der Waals surface area contributed by atoms with E-state index in [9.17, 15) is 4.79 Å². The van der Waals surface area contributed by atoms with E-state index in [4.69, 9.17) is 0 Å². The van der Waals surface area contributed by atoms with Crippen molar-refractivity contribution in [2.45, 2.75) is 38.0 Å². The summed E-state index contributed by atoms with van der Waals surface area (Å²) >= 11 is 1.69. The van der Waals surface area contributed by atoms with Gasteiger partial charge in [-0.15, -0.1) is 11.8 Å². The monoisotopic (exact) mass is 277 g/mol. The molecule has 0 saturated heterocycles. The molecule has 1 aliphatic rings. The van der Waals surface area contributed by atoms with Gasteiger partial charge in [-0.05, 0) is 56.1 Å². The van der Waals surface area contributed by atoms with Gasteiger partial charge in [-0.2, -0.15) is 0 Å². The van der Waals surface area contributed by atoms with Crippen molar-refractivity contribution in [3.8, 4) is 0 Å². The molecule has 0 aromatic heterocycles. The fraction of sp³-hybridized carbons (Fsp3) is 0.562. The minimum Gasteiger partial charge on any atom is -0.338 e. The maximum absolute atomic E-state index is 12.7. The highest BCUT2D eigenvalue weighted by Crippen LogP contribution is 2.30. The van der Waals surface area contributed by atoms with Gasteiger partial charge in [0.15, 0.2) is 0 Å². The number of nitrogens with zero attached hydrogens (tertiary/aromatic N) is 1. The first-order valence-corrected chi connectivity index (χ1v) is 8.32. The molecular weight excluding hydrogens is 254 g/mol. The Bertz CT molecular complexity index is 454. The zero-order valence-electron chi connectivity index (χ0n) is 12.1. The summed E-state index contributed by atoms with van der Waals surface area (Å²) in [5.41, 5.74) is 1.96. The largest absolute Gasteiger partial charge is 0.338 e. The summed E-state index contributed by atoms with van der Waals surface area (Å²) in [5.74, 6) is 0.960. The zero-order valence-corrected chi connectivity index (χ0v) is 12.9. The lowest BCUT2D eigenvalue weighted by Gasteiger charge is -2.23. The molecule has 0 N–H and O–H groups in total. The van der Waals surface area contributed by atoms with Crippen molar-refractivity contribution in [1.29, 1.82) is 0 Å². The van der Waals surface area contributed by atoms with Crippen molar-refractivity contribution >= 4 is 17.7 Å². The minimum absolute atomic E-state index is 0.210. The fourth-order valence-electron chi connectivity index (χ4n) is 2.29. The topological polar surface area (TPSA) is 20.3 Å². The third-order valence-electron chi connectivity index (χ3n) is 3.63. The van der Waals surface area contributed by atoms with Gasteiger partial charge in [-0.1, -0.05) is 13.0 Å². The van der Waals surface area contributed by atoms with Gasteiger partial charge in [-0.3, -0.25) is 4.79 Å². The number of hydrogen-bond donors (Lipinski definition) is 0. The van der Waals surface area contributed by atoms with Crippen LogP contribution in [0.5, 0.6) is 0 Å². The Morgan fingerprint density at radius 1 is 1.42 bits per heavy atom. The van der Waals surface area contributed by atoms with E-state index >= 15 is 0 Å². The molecule has 1 aromatic rings. The Hall–Kier alpha value is -0.960. The summed E-state index contributed by atoms with van der Waals surface area (Å²) in [6.45, 7) is 5.98. The molecule has 1 amide bonds. The Kier molecular flexibility index (Phi) is 4.92. The normalized spacial score (nSPS) is 14.5. The summed E-state index contributed by atoms with van der Waals surface area (Å²) in [7, 11) is 0. The van der Waals surface area contributed by atoms with E-state index in [-0.39, 0.29) is 5.91 Å². The van der Waals surface area contributed by atoms with Gasteiger partial charge in [0.2, 0.25) is 0 Å². The van der Waals surface area contributed by atoms with Crippen LogP contribution < -0.4 is 0 Å². The molecule has 0 bridgehead atoms. The SMILES string of the molecule is CCCN(CC1CC1)C(=O)c1cc(SC)ccc1C. The van der Waals surface area contributed by atoms with Crippen LogP contribution in [0.25, 0.3) is 0 Å². The molecule has 19 heavy (non-hydrogen) atoms. The first-order valence-electron chi connectivity index (χ1n) is 7.09. The first kappa shape index (κ1) is 14.4. The number of carbonyl (C=O) groups excluding carboxylic acids is 1. The van der Waals surface area contributed by atoms with Crippen molar-refractivity contribution in [2.75, 3.05) is 19.3 Å². The van der Waals surface area contributed by atoms with Crippen LogP contribution in [0.1, 0.15) is 42.1 Å². The van der Waals surface area contributed by atoms with Crippen molar-refractivity contribution in [3.63, 3.8) is 0 Å². The second-order valence-electron chi connectivity index (χ2n) is 5.38. The molecule has 0 heterocycles. The molecule has 0 spiro atoms. The highest BCUT2D eigenvalue weighted by molar-refractivity contribution is 7.98. The van der Waals surface area contributed by atoms with Gasteiger partial charge in [0.25, 0.3) is 5.91 Å². The molecule has 0 aliphatic heterocycles. The summed E-state index contributed by atoms with van der Waals surface area (Å²) < 4.78 is 0. The number of amides is 1. The minimum atomic E-state index is 0.210. The highest BCUT2D eigenvalue weighted by Gasteiger charge is 2.27. The molecule has 2 rings (SSSR count). The number of carbonyl (C=O) groups is 1. The van der Waals surface area contributed by atoms with Crippen LogP contribution in [0, 0.1) is 12.8 Å². The van der Waals surface area contributed by atoms with Crippen LogP contribution in [-0.4, -0.2) is 30.2 Å². The van der Waals surface area contributed by atoms with Crippen LogP contribution in [-0.2, 0) is 0 Å². The standard InChI is InChI=1S/C16H23NOS/c1-4-9-17(11-13-6-7-13)16(18)15-10-14(19-3)8-5-12(15)2/h5,8,10,13H,4,6-7,9,11H2,1-3H3. The molecule has 1 aromatic carbocycles. The Morgan fingerprint density at radius 2 is 2.16 bits per heavy atom. The van der Waals surface area contributed by atoms with E-state index in [1.165, 1.54) is 12.8 Å². The maximum atomic E-state index is 12.7. The second kappa shape index (κ2) is 6.47. The van der Waals surface area contributed by atoms with Gasteiger partial charge in [0.05, 0.1) is 0 Å². The molecular formula is C16H23NOS. The van der Waals surface area contributed by atoms with E-state index < -0.39 is 0 Å². The summed E-state index contributed by atoms with van der Waals surface area (Å²) in [5, 5.41) is 0. The molecule has 0 atom stereocenters. The molecule has 2 nitrogen and oxygen atoms in total. The Labute approximate surface area is 120 Å². The predicted molar refractivity (Wildman–Crippen MR) is 81.9 cm³/mol. The van der Waals surface area contributed by atoms with E-state index in [0.29, 0.717) is 0 Å². The average molecular weight is 277 g/mol. The van der Waals surface area contributed by atoms with Crippen LogP contribution in [0.4, 0.5) is 0 Å². The van der Waals surface area contributed by atoms with Gasteiger partial charge >= 0.3 is 0 Å². The molecule has 0 radical (unpaired) electrons. The smallest absolute Gasteiger partial charge is 0.254 e. The van der Waals surface area contributed by atoms with E-state index in [2.05, 4.69) is 19.1 Å². The van der Waals surface area contributed by atoms with Crippen LogP contribution in [0.15, 0.2) is 23.1 Å². The Balaban J connectivity index is 2.19. The van der Waals surface area contributed by atoms with Crippen molar-refractivity contribution < 1.29 is 4.79 Å². The summed E-state index contributed by atoms with van der Waals surface area (Å²) in [4.78, 5) is 15.9. The van der Waals surface area contributed by atoms with E-state index in [1.54, 1.807) is 11.8 Å². The molecule has 1 fully saturated rings. The third kappa shape index (κ3) is 3.75. The lowest BCUT2D eigenvalue weighted by atomic mass is 10.1. The number of aryl methyl sites for hydroxylation is 1. The van der Waals surface area contributed by atoms with Gasteiger partial charge < -0.3 is 4.90 Å². The maximum Gasteiger partial charge on any atom is 0.254 e. The van der Waals surface area contributed by atoms with Crippen molar-refractivity contribution in [3.05, 3.63) is 29.3 Å². The zero-order chi connectivity index (χ0) is 13.8.